The topological polar surface area (TPSA) is 104 Å². The summed E-state index contributed by atoms with van der Waals surface area (Å²) in [5, 5.41) is 8.07. The van der Waals surface area contributed by atoms with E-state index >= 15 is 0 Å². The molecule has 0 saturated carbocycles. The normalized spacial score (nSPS) is 18.6. The zero-order valence-electron chi connectivity index (χ0n) is 18.7. The number of halogens is 1. The van der Waals surface area contributed by atoms with Gasteiger partial charge < -0.3 is 20.5 Å². The van der Waals surface area contributed by atoms with Gasteiger partial charge in [0.05, 0.1) is 12.6 Å². The maximum Gasteiger partial charge on any atom is 0.287 e. The Morgan fingerprint density at radius 2 is 2.09 bits per heavy atom. The molecule has 172 valence electrons. The fourth-order valence-electron chi connectivity index (χ4n) is 4.18. The van der Waals surface area contributed by atoms with E-state index in [0.717, 1.165) is 12.8 Å². The fourth-order valence-corrected chi connectivity index (χ4v) is 4.18. The standard InChI is InChI=1S/C23H30FN5O3/c1-23(2,3)20(17-7-10-26-22(25)32-17)27-21(30)18-15-5-4-6-16(24)19(15)29(28-18)13-14-8-11-31-12-9-14/h4-7,14,20H,8-13H2,1-3H3,(H2,25,26)(H,27,30). The van der Waals surface area contributed by atoms with Crippen molar-refractivity contribution in [2.24, 2.45) is 22.1 Å². The van der Waals surface area contributed by atoms with Crippen LogP contribution in [0.3, 0.4) is 0 Å². The third-order valence-corrected chi connectivity index (χ3v) is 5.90. The molecule has 0 radical (unpaired) electrons. The van der Waals surface area contributed by atoms with E-state index in [1.54, 1.807) is 22.9 Å². The molecule has 2 aliphatic rings. The molecule has 0 spiro atoms. The molecule has 1 atom stereocenters. The van der Waals surface area contributed by atoms with Crippen LogP contribution in [0.1, 0.15) is 44.1 Å². The zero-order chi connectivity index (χ0) is 22.9. The largest absolute Gasteiger partial charge is 0.429 e. The maximum atomic E-state index is 14.8. The molecular weight excluding hydrogens is 413 g/mol. The number of fused-ring (bicyclic) bond motifs is 1. The van der Waals surface area contributed by atoms with Crippen LogP contribution in [0, 0.1) is 17.2 Å². The minimum absolute atomic E-state index is 0.0688. The second-order valence-electron chi connectivity index (χ2n) is 9.38. The van der Waals surface area contributed by atoms with E-state index in [1.165, 1.54) is 6.07 Å². The van der Waals surface area contributed by atoms with Crippen LogP contribution in [0.4, 0.5) is 4.39 Å². The first-order valence-electron chi connectivity index (χ1n) is 11.0. The van der Waals surface area contributed by atoms with Crippen molar-refractivity contribution in [3.8, 4) is 0 Å². The van der Waals surface area contributed by atoms with Crippen LogP contribution in [0.25, 0.3) is 10.9 Å². The van der Waals surface area contributed by atoms with Gasteiger partial charge in [-0.05, 0) is 36.3 Å². The molecule has 3 N–H and O–H groups in total. The van der Waals surface area contributed by atoms with E-state index in [1.807, 2.05) is 20.8 Å². The number of aromatic nitrogens is 2. The summed E-state index contributed by atoms with van der Waals surface area (Å²) < 4.78 is 27.4. The van der Waals surface area contributed by atoms with Gasteiger partial charge in [0, 0.05) is 25.1 Å². The maximum absolute atomic E-state index is 14.8. The van der Waals surface area contributed by atoms with Gasteiger partial charge in [-0.25, -0.2) is 9.38 Å². The molecule has 8 nitrogen and oxygen atoms in total. The summed E-state index contributed by atoms with van der Waals surface area (Å²) in [4.78, 5) is 17.4. The van der Waals surface area contributed by atoms with Gasteiger partial charge in [-0.2, -0.15) is 5.10 Å². The Bertz CT molecular complexity index is 1060. The summed E-state index contributed by atoms with van der Waals surface area (Å²) in [5.41, 5.74) is 5.91. The van der Waals surface area contributed by atoms with Crippen molar-refractivity contribution in [3.05, 3.63) is 41.5 Å². The number of ether oxygens (including phenoxy) is 2. The average Bonchev–Trinajstić information content (AvgIpc) is 3.11. The third-order valence-electron chi connectivity index (χ3n) is 5.90. The van der Waals surface area contributed by atoms with Crippen molar-refractivity contribution in [1.29, 1.82) is 0 Å². The number of aliphatic imine (C=N–C) groups is 1. The summed E-state index contributed by atoms with van der Waals surface area (Å²) in [5.74, 6) is 0.0795. The summed E-state index contributed by atoms with van der Waals surface area (Å²) in [6, 6.07) is 4.33. The van der Waals surface area contributed by atoms with Crippen LogP contribution in [-0.4, -0.2) is 47.5 Å². The summed E-state index contributed by atoms with van der Waals surface area (Å²) >= 11 is 0. The Labute approximate surface area is 186 Å². The number of rotatable bonds is 5. The molecule has 2 aromatic rings. The van der Waals surface area contributed by atoms with Crippen LogP contribution < -0.4 is 11.1 Å². The smallest absolute Gasteiger partial charge is 0.287 e. The number of carbonyl (C=O) groups excluding carboxylic acids is 1. The predicted molar refractivity (Wildman–Crippen MR) is 120 cm³/mol. The van der Waals surface area contributed by atoms with E-state index in [4.69, 9.17) is 15.2 Å². The van der Waals surface area contributed by atoms with Crippen molar-refractivity contribution in [3.63, 3.8) is 0 Å². The van der Waals surface area contributed by atoms with Gasteiger partial charge in [0.1, 0.15) is 17.1 Å². The lowest BCUT2D eigenvalue weighted by Crippen LogP contribution is -2.47. The van der Waals surface area contributed by atoms with Gasteiger partial charge in [-0.15, -0.1) is 0 Å². The first-order chi connectivity index (χ1) is 15.2. The number of nitrogens with two attached hydrogens (primary N) is 1. The van der Waals surface area contributed by atoms with E-state index in [-0.39, 0.29) is 17.1 Å². The van der Waals surface area contributed by atoms with Gasteiger partial charge in [0.25, 0.3) is 11.9 Å². The van der Waals surface area contributed by atoms with E-state index in [9.17, 15) is 9.18 Å². The van der Waals surface area contributed by atoms with Crippen LogP contribution in [0.15, 0.2) is 35.0 Å². The molecule has 1 fully saturated rings. The highest BCUT2D eigenvalue weighted by Crippen LogP contribution is 2.29. The van der Waals surface area contributed by atoms with E-state index < -0.39 is 17.8 Å². The highest BCUT2D eigenvalue weighted by atomic mass is 19.1. The second kappa shape index (κ2) is 8.90. The Balaban J connectivity index is 1.65. The number of carbonyl (C=O) groups is 1. The minimum atomic E-state index is -0.465. The Morgan fingerprint density at radius 1 is 1.34 bits per heavy atom. The number of benzene rings is 1. The van der Waals surface area contributed by atoms with E-state index in [0.29, 0.717) is 48.9 Å². The van der Waals surface area contributed by atoms with Crippen molar-refractivity contribution in [1.82, 2.24) is 15.1 Å². The summed E-state index contributed by atoms with van der Waals surface area (Å²) in [6.45, 7) is 8.28. The molecule has 1 unspecified atom stereocenters. The van der Waals surface area contributed by atoms with Crippen LogP contribution in [0.5, 0.6) is 0 Å². The Morgan fingerprint density at radius 3 is 2.78 bits per heavy atom. The number of hydrogen-bond acceptors (Lipinski definition) is 6. The highest BCUT2D eigenvalue weighted by Gasteiger charge is 2.34. The number of nitrogens with one attached hydrogen (secondary N) is 1. The number of nitrogens with zero attached hydrogens (tertiary/aromatic N) is 3. The van der Waals surface area contributed by atoms with Crippen molar-refractivity contribution < 1.29 is 18.7 Å². The molecule has 0 bridgehead atoms. The average molecular weight is 444 g/mol. The predicted octanol–water partition coefficient (Wildman–Crippen LogP) is 2.98. The van der Waals surface area contributed by atoms with Crippen LogP contribution in [0.2, 0.25) is 0 Å². The SMILES string of the molecule is CC(C)(C)C(NC(=O)c1nn(CC2CCOCC2)c2c(F)cccc12)C1=CCN=C(N)O1. The number of hydrogen-bond donors (Lipinski definition) is 2. The molecule has 3 heterocycles. The molecule has 1 amide bonds. The van der Waals surface area contributed by atoms with E-state index in [2.05, 4.69) is 15.4 Å². The number of para-hydroxylation sites is 1. The van der Waals surface area contributed by atoms with Crippen molar-refractivity contribution in [2.45, 2.75) is 46.2 Å². The lowest BCUT2D eigenvalue weighted by molar-refractivity contribution is 0.0604. The zero-order valence-corrected chi connectivity index (χ0v) is 18.7. The molecule has 0 aliphatic carbocycles. The number of amides is 1. The third kappa shape index (κ3) is 4.62. The second-order valence-corrected chi connectivity index (χ2v) is 9.38. The lowest BCUT2D eigenvalue weighted by Gasteiger charge is -2.33. The molecule has 32 heavy (non-hydrogen) atoms. The quantitative estimate of drug-likeness (QED) is 0.739. The van der Waals surface area contributed by atoms with Gasteiger partial charge in [-0.1, -0.05) is 32.9 Å². The minimum Gasteiger partial charge on any atom is -0.429 e. The van der Waals surface area contributed by atoms with Gasteiger partial charge in [-0.3, -0.25) is 9.48 Å². The van der Waals surface area contributed by atoms with Crippen LogP contribution in [-0.2, 0) is 16.0 Å². The summed E-state index contributed by atoms with van der Waals surface area (Å²) in [7, 11) is 0. The summed E-state index contributed by atoms with van der Waals surface area (Å²) in [6.07, 6.45) is 3.57. The van der Waals surface area contributed by atoms with Gasteiger partial charge >= 0.3 is 0 Å². The molecule has 1 saturated heterocycles. The molecule has 9 heteroatoms. The molecular formula is C23H30FN5O3. The monoisotopic (exact) mass is 443 g/mol. The first-order valence-corrected chi connectivity index (χ1v) is 11.0. The first kappa shape index (κ1) is 22.3. The fraction of sp³-hybridized carbons (Fsp3) is 0.522. The van der Waals surface area contributed by atoms with Gasteiger partial charge in [0.15, 0.2) is 5.69 Å². The molecule has 2 aliphatic heterocycles. The lowest BCUT2D eigenvalue weighted by atomic mass is 9.85. The van der Waals surface area contributed by atoms with Gasteiger partial charge in [0.2, 0.25) is 0 Å². The molecule has 1 aromatic heterocycles. The van der Waals surface area contributed by atoms with Crippen LogP contribution >= 0.6 is 0 Å². The van der Waals surface area contributed by atoms with Crippen molar-refractivity contribution in [2.75, 3.05) is 19.8 Å². The highest BCUT2D eigenvalue weighted by molar-refractivity contribution is 6.05. The molecule has 4 rings (SSSR count). The Kier molecular flexibility index (Phi) is 6.19. The molecule has 1 aromatic carbocycles. The van der Waals surface area contributed by atoms with Crippen molar-refractivity contribution >= 4 is 22.8 Å². The number of amidine groups is 1. The Hall–Kier alpha value is -2.94.